The lowest BCUT2D eigenvalue weighted by molar-refractivity contribution is -0.571. The van der Waals surface area contributed by atoms with Gasteiger partial charge in [0.1, 0.15) is 17.3 Å². The topological polar surface area (TPSA) is 35.9 Å². The van der Waals surface area contributed by atoms with E-state index < -0.39 is 60.4 Å². The Labute approximate surface area is 387 Å². The van der Waals surface area contributed by atoms with Gasteiger partial charge in [-0.05, 0) is 112 Å². The summed E-state index contributed by atoms with van der Waals surface area (Å²) in [6.45, 7) is 4.42. The molecule has 0 spiro atoms. The first-order chi connectivity index (χ1) is 35.8. The van der Waals surface area contributed by atoms with Gasteiger partial charge >= 0.3 is 0 Å². The lowest BCUT2D eigenvalue weighted by Gasteiger charge is -2.17. The smallest absolute Gasteiger partial charge is 0.269 e. The Balaban J connectivity index is 1.12. The van der Waals surface area contributed by atoms with Gasteiger partial charge < -0.3 is 4.74 Å². The van der Waals surface area contributed by atoms with E-state index in [0.717, 1.165) is 51.6 Å². The van der Waals surface area contributed by atoms with Gasteiger partial charge in [0.05, 0.1) is 47.1 Å². The highest BCUT2D eigenvalue weighted by atomic mass is 16.5. The number of hydrogen-bond donors (Lipinski definition) is 0. The predicted octanol–water partition coefficient (Wildman–Crippen LogP) is 14.9. The minimum Gasteiger partial charge on any atom is -0.458 e. The van der Waals surface area contributed by atoms with Gasteiger partial charge in [0.2, 0.25) is 0 Å². The molecule has 0 saturated carbocycles. The molecule has 0 bridgehead atoms. The zero-order valence-electron chi connectivity index (χ0n) is 45.1. The average molecular weight is 837 g/mol. The zero-order chi connectivity index (χ0) is 51.7. The molecular weight excluding hydrogens is 781 g/mol. The Morgan fingerprint density at radius 1 is 0.578 bits per heavy atom. The lowest BCUT2D eigenvalue weighted by Crippen LogP contribution is -2.31. The summed E-state index contributed by atoms with van der Waals surface area (Å²) in [7, 11) is 0. The first-order valence-electron chi connectivity index (χ1n) is 26.4. The fraction of sp³-hybridized carbons (Fsp3) is 0.0847. The summed E-state index contributed by atoms with van der Waals surface area (Å²) in [4.78, 5) is 4.88. The monoisotopic (exact) mass is 836 g/mol. The molecule has 0 aliphatic rings. The van der Waals surface area contributed by atoms with Gasteiger partial charge in [-0.1, -0.05) is 159 Å². The maximum atomic E-state index is 9.12. The van der Waals surface area contributed by atoms with Gasteiger partial charge in [0.15, 0.2) is 0 Å². The van der Waals surface area contributed by atoms with E-state index in [2.05, 4.69) is 55.1 Å². The summed E-state index contributed by atoms with van der Waals surface area (Å²) in [6, 6.07) is 41.4. The van der Waals surface area contributed by atoms with Crippen LogP contribution in [0.25, 0.3) is 83.4 Å². The normalized spacial score (nSPS) is 13.7. The van der Waals surface area contributed by atoms with Crippen LogP contribution in [0.15, 0.2) is 212 Å². The first kappa shape index (κ1) is 29.3. The second-order valence-corrected chi connectivity index (χ2v) is 15.6. The van der Waals surface area contributed by atoms with E-state index in [9.17, 15) is 0 Å². The molecule has 0 atom stereocenters. The van der Waals surface area contributed by atoms with Crippen LogP contribution in [0.3, 0.4) is 0 Å². The van der Waals surface area contributed by atoms with Crippen LogP contribution in [-0.4, -0.2) is 14.1 Å². The Hall–Kier alpha value is -8.02. The molecule has 0 aliphatic heterocycles. The van der Waals surface area contributed by atoms with Crippen LogP contribution >= 0.6 is 0 Å². The second kappa shape index (κ2) is 16.7. The Kier molecular flexibility index (Phi) is 7.64. The number of nitrogens with zero attached hydrogens (tertiary/aromatic N) is 4. The van der Waals surface area contributed by atoms with Crippen molar-refractivity contribution in [2.75, 3.05) is 0 Å². The minimum atomic E-state index is -0.569. The number of ether oxygens (including phenoxy) is 1. The van der Waals surface area contributed by atoms with Crippen LogP contribution in [0.1, 0.15) is 51.9 Å². The van der Waals surface area contributed by atoms with Gasteiger partial charge in [0.25, 0.3) is 6.33 Å². The van der Waals surface area contributed by atoms with Crippen molar-refractivity contribution in [2.24, 2.45) is 0 Å². The quantitative estimate of drug-likeness (QED) is 0.0961. The first-order valence-corrected chi connectivity index (χ1v) is 21.4. The maximum Gasteiger partial charge on any atom is 0.269 e. The Morgan fingerprint density at radius 3 is 2.02 bits per heavy atom. The van der Waals surface area contributed by atoms with E-state index in [1.165, 1.54) is 5.56 Å². The van der Waals surface area contributed by atoms with Crippen molar-refractivity contribution in [2.45, 2.75) is 32.6 Å². The average Bonchev–Trinajstić information content (AvgIpc) is 3.97. The van der Waals surface area contributed by atoms with Crippen LogP contribution in [0.4, 0.5) is 0 Å². The van der Waals surface area contributed by atoms with Crippen molar-refractivity contribution >= 4 is 32.8 Å². The van der Waals surface area contributed by atoms with Crippen molar-refractivity contribution < 1.29 is 23.0 Å². The molecule has 3 heterocycles. The molecule has 0 radical (unpaired) electrons. The summed E-state index contributed by atoms with van der Waals surface area (Å²) >= 11 is 0. The van der Waals surface area contributed by atoms with Gasteiger partial charge in [-0.2, -0.15) is 0 Å². The molecule has 8 aromatic carbocycles. The van der Waals surface area contributed by atoms with Crippen molar-refractivity contribution in [3.05, 3.63) is 224 Å². The predicted molar refractivity (Wildman–Crippen MR) is 262 cm³/mol. The van der Waals surface area contributed by atoms with Crippen molar-refractivity contribution in [1.29, 1.82) is 0 Å². The van der Waals surface area contributed by atoms with E-state index in [1.54, 1.807) is 22.8 Å². The minimum absolute atomic E-state index is 0.135. The molecule has 3 aromatic heterocycles. The van der Waals surface area contributed by atoms with E-state index in [-0.39, 0.29) is 27.9 Å². The third-order valence-corrected chi connectivity index (χ3v) is 12.0. The summed E-state index contributed by atoms with van der Waals surface area (Å²) < 4.78 is 100. The number of rotatable bonds is 11. The van der Waals surface area contributed by atoms with Crippen LogP contribution < -0.4 is 9.30 Å². The molecule has 0 unspecified atom stereocenters. The van der Waals surface area contributed by atoms with Gasteiger partial charge in [-0.3, -0.25) is 13.7 Å². The fourth-order valence-electron chi connectivity index (χ4n) is 8.89. The molecule has 5 nitrogen and oxygen atoms in total. The number of imidazole rings is 1. The number of benzene rings is 8. The molecular formula is C59H46N4O. The molecule has 0 fully saturated rings. The molecule has 0 saturated heterocycles. The van der Waals surface area contributed by atoms with Crippen LogP contribution in [0.5, 0.6) is 11.5 Å². The molecule has 0 N–H and O–H groups in total. The summed E-state index contributed by atoms with van der Waals surface area (Å²) in [5.74, 6) is 2.33. The van der Waals surface area contributed by atoms with Gasteiger partial charge in [-0.25, -0.2) is 4.98 Å². The highest BCUT2D eigenvalue weighted by Crippen LogP contribution is 2.38. The van der Waals surface area contributed by atoms with Crippen LogP contribution in [0, 0.1) is 6.33 Å². The van der Waals surface area contributed by atoms with Crippen LogP contribution in [0.2, 0.25) is 0 Å². The number of para-hydroxylation sites is 2. The Morgan fingerprint density at radius 2 is 1.27 bits per heavy atom. The van der Waals surface area contributed by atoms with Gasteiger partial charge in [0, 0.05) is 23.0 Å². The summed E-state index contributed by atoms with van der Waals surface area (Å²) in [6.07, 6.45) is 7.45. The summed E-state index contributed by atoms with van der Waals surface area (Å²) in [5, 5.41) is 2.14. The molecule has 64 heavy (non-hydrogen) atoms. The highest BCUT2D eigenvalue weighted by Gasteiger charge is 2.21. The van der Waals surface area contributed by atoms with Crippen LogP contribution in [-0.2, 0) is 0 Å². The lowest BCUT2D eigenvalue weighted by atomic mass is 9.95. The van der Waals surface area contributed by atoms with E-state index >= 15 is 0 Å². The number of fused-ring (bicyclic) bond motifs is 4. The Bertz CT molecular complexity index is 3910. The number of aromatic nitrogens is 4. The van der Waals surface area contributed by atoms with Gasteiger partial charge in [-0.15, -0.1) is 0 Å². The summed E-state index contributed by atoms with van der Waals surface area (Å²) in [5.41, 5.74) is 7.03. The third-order valence-electron chi connectivity index (χ3n) is 12.0. The van der Waals surface area contributed by atoms with E-state index in [1.807, 2.05) is 108 Å². The SMILES string of the molecule is [2H]c1c([2H])c([2H])c(-c2cccc(-c3c([2H])c([2H])c([2H])c([2H])c3[2H])c2-[n+]2[c-]n(-c3cccc(Oc4ccc5c6ccccc6n(-c6cc(C(CC)CC)ccn6)c5c4)c3)c3cc(-c4ccccc4)ccc32)c([2H])c1[2H]. The second-order valence-electron chi connectivity index (χ2n) is 15.6. The number of pyridine rings is 1. The standard InChI is InChI=1S/C59H46N4O/c1-3-41(4-2)46-34-35-60-58(37-46)63-54-29-15-14-26-52(54)53-32-31-49(39-56(53)63)64-48-25-16-24-47(38-48)61-40-62(55-33-30-45(36-57(55)61)42-18-8-5-9-19-42)59-50(43-20-10-6-11-21-43)27-17-28-51(59)44-22-12-7-13-23-44/h5-39,41H,3-4H2,1-2H3/i6D,7D,10D,11D,12D,13D,20D,21D,22D,23D. The van der Waals surface area contributed by atoms with Crippen molar-refractivity contribution in [3.8, 4) is 62.1 Å². The van der Waals surface area contributed by atoms with E-state index in [4.69, 9.17) is 23.4 Å². The van der Waals surface area contributed by atoms with E-state index in [0.29, 0.717) is 34.1 Å². The molecule has 308 valence electrons. The highest BCUT2D eigenvalue weighted by molar-refractivity contribution is 6.09. The largest absolute Gasteiger partial charge is 0.458 e. The number of hydrogen-bond acceptors (Lipinski definition) is 2. The fourth-order valence-corrected chi connectivity index (χ4v) is 8.89. The van der Waals surface area contributed by atoms with Crippen molar-refractivity contribution in [1.82, 2.24) is 14.1 Å². The molecule has 11 rings (SSSR count). The zero-order valence-corrected chi connectivity index (χ0v) is 35.1. The third kappa shape index (κ3) is 7.01. The maximum absolute atomic E-state index is 9.12. The molecule has 0 amide bonds. The van der Waals surface area contributed by atoms with Crippen molar-refractivity contribution in [3.63, 3.8) is 0 Å². The molecule has 5 heteroatoms. The molecule has 11 aromatic rings. The molecule has 0 aliphatic carbocycles.